The van der Waals surface area contributed by atoms with E-state index in [1.54, 1.807) is 12.3 Å². The zero-order chi connectivity index (χ0) is 16.7. The van der Waals surface area contributed by atoms with Gasteiger partial charge >= 0.3 is 0 Å². The van der Waals surface area contributed by atoms with Gasteiger partial charge in [-0.15, -0.1) is 0 Å². The van der Waals surface area contributed by atoms with Crippen LogP contribution in [-0.4, -0.2) is 42.0 Å². The van der Waals surface area contributed by atoms with Gasteiger partial charge in [0.1, 0.15) is 5.82 Å². The number of aromatic nitrogens is 1. The van der Waals surface area contributed by atoms with Crippen LogP contribution in [0.2, 0.25) is 0 Å². The molecule has 0 saturated carbocycles. The van der Waals surface area contributed by atoms with Crippen LogP contribution in [-0.2, 0) is 11.2 Å². The molecule has 1 fully saturated rings. The third-order valence-electron chi connectivity index (χ3n) is 4.95. The van der Waals surface area contributed by atoms with Gasteiger partial charge in [-0.2, -0.15) is 0 Å². The number of amides is 1. The molecule has 1 aromatic heterocycles. The molecule has 0 unspecified atom stereocenters. The van der Waals surface area contributed by atoms with Gasteiger partial charge in [0, 0.05) is 24.8 Å². The fraction of sp³-hybridized carbons (Fsp3) is 0.368. The average Bonchev–Trinajstić information content (AvgIpc) is 2.81. The van der Waals surface area contributed by atoms with Crippen LogP contribution in [0.4, 0.5) is 10.1 Å². The highest BCUT2D eigenvalue weighted by atomic mass is 19.1. The van der Waals surface area contributed by atoms with Gasteiger partial charge in [0.2, 0.25) is 5.91 Å². The number of anilines is 1. The summed E-state index contributed by atoms with van der Waals surface area (Å²) in [6.45, 7) is 5.76. The molecule has 4 nitrogen and oxygen atoms in total. The predicted octanol–water partition coefficient (Wildman–Crippen LogP) is 2.79. The number of nitrogens with zero attached hydrogens (tertiary/aromatic N) is 3. The number of hydrogen-bond acceptors (Lipinski definition) is 3. The molecule has 1 amide bonds. The first-order chi connectivity index (χ1) is 11.6. The van der Waals surface area contributed by atoms with Crippen molar-refractivity contribution in [3.05, 3.63) is 47.5 Å². The molecular formula is C19H20FN3O. The van der Waals surface area contributed by atoms with Gasteiger partial charge in [0.25, 0.3) is 0 Å². The summed E-state index contributed by atoms with van der Waals surface area (Å²) in [6, 6.07) is 6.77. The Morgan fingerprint density at radius 1 is 1.21 bits per heavy atom. The van der Waals surface area contributed by atoms with Crippen LogP contribution < -0.4 is 4.90 Å². The maximum absolute atomic E-state index is 13.3. The van der Waals surface area contributed by atoms with E-state index in [9.17, 15) is 9.18 Å². The predicted molar refractivity (Wildman–Crippen MR) is 91.5 cm³/mol. The third-order valence-corrected chi connectivity index (χ3v) is 4.95. The first-order valence-electron chi connectivity index (χ1n) is 8.40. The molecule has 3 heterocycles. The number of likely N-dealkylation sites (tertiary alicyclic amines) is 1. The first kappa shape index (κ1) is 15.3. The van der Waals surface area contributed by atoms with Crippen molar-refractivity contribution in [2.45, 2.75) is 19.8 Å². The zero-order valence-corrected chi connectivity index (χ0v) is 13.8. The van der Waals surface area contributed by atoms with Gasteiger partial charge in [0.15, 0.2) is 0 Å². The second-order valence-corrected chi connectivity index (χ2v) is 6.57. The number of halogens is 1. The minimum absolute atomic E-state index is 0.117. The molecule has 24 heavy (non-hydrogen) atoms. The lowest BCUT2D eigenvalue weighted by atomic mass is 10.0. The minimum atomic E-state index is -0.239. The molecule has 0 bridgehead atoms. The number of pyridine rings is 1. The molecule has 2 aliphatic heterocycles. The quantitative estimate of drug-likeness (QED) is 0.867. The third kappa shape index (κ3) is 2.69. The van der Waals surface area contributed by atoms with Crippen molar-refractivity contribution >= 4 is 11.6 Å². The molecule has 0 N–H and O–H groups in total. The molecule has 5 heteroatoms. The van der Waals surface area contributed by atoms with E-state index in [1.165, 1.54) is 18.6 Å². The Labute approximate surface area is 140 Å². The smallest absolute Gasteiger partial charge is 0.233 e. The monoisotopic (exact) mass is 325 g/mol. The molecule has 1 saturated heterocycles. The van der Waals surface area contributed by atoms with Gasteiger partial charge in [-0.25, -0.2) is 4.39 Å². The average molecular weight is 325 g/mol. The van der Waals surface area contributed by atoms with E-state index < -0.39 is 0 Å². The molecule has 2 aromatic rings. The normalized spacial score (nSPS) is 17.1. The summed E-state index contributed by atoms with van der Waals surface area (Å²) in [6.07, 6.45) is 3.41. The van der Waals surface area contributed by atoms with Gasteiger partial charge in [-0.3, -0.25) is 9.78 Å². The minimum Gasteiger partial charge on any atom is -0.309 e. The summed E-state index contributed by atoms with van der Waals surface area (Å²) in [7, 11) is 0. The van der Waals surface area contributed by atoms with Crippen molar-refractivity contribution < 1.29 is 9.18 Å². The number of carbonyl (C=O) groups is 1. The molecule has 0 aliphatic carbocycles. The fourth-order valence-corrected chi connectivity index (χ4v) is 3.41. The summed E-state index contributed by atoms with van der Waals surface area (Å²) in [5, 5.41) is 0. The SMILES string of the molecule is Cc1cc(F)ccc1-c1cnc2c(c1)N(CCN1CCC1)C(=O)C2. The Morgan fingerprint density at radius 3 is 2.75 bits per heavy atom. The van der Waals surface area contributed by atoms with Crippen LogP contribution in [0.25, 0.3) is 11.1 Å². The second kappa shape index (κ2) is 5.98. The number of aryl methyl sites for hydroxylation is 1. The van der Waals surface area contributed by atoms with Crippen LogP contribution >= 0.6 is 0 Å². The lowest BCUT2D eigenvalue weighted by molar-refractivity contribution is -0.117. The molecule has 124 valence electrons. The summed E-state index contributed by atoms with van der Waals surface area (Å²) >= 11 is 0. The lowest BCUT2D eigenvalue weighted by Crippen LogP contribution is -2.43. The van der Waals surface area contributed by atoms with Crippen LogP contribution in [0.15, 0.2) is 30.5 Å². The van der Waals surface area contributed by atoms with Crippen LogP contribution in [0.1, 0.15) is 17.7 Å². The molecule has 4 rings (SSSR count). The van der Waals surface area contributed by atoms with E-state index in [-0.39, 0.29) is 11.7 Å². The van der Waals surface area contributed by atoms with Crippen molar-refractivity contribution in [1.82, 2.24) is 9.88 Å². The molecule has 0 atom stereocenters. The topological polar surface area (TPSA) is 36.4 Å². The maximum atomic E-state index is 13.3. The number of rotatable bonds is 4. The van der Waals surface area contributed by atoms with Crippen LogP contribution in [0.5, 0.6) is 0 Å². The molecule has 0 radical (unpaired) electrons. The van der Waals surface area contributed by atoms with Crippen LogP contribution in [0, 0.1) is 12.7 Å². The number of carbonyl (C=O) groups excluding carboxylic acids is 1. The van der Waals surface area contributed by atoms with E-state index in [2.05, 4.69) is 9.88 Å². The van der Waals surface area contributed by atoms with Gasteiger partial charge in [-0.1, -0.05) is 6.07 Å². The number of benzene rings is 1. The van der Waals surface area contributed by atoms with Crippen molar-refractivity contribution in [3.8, 4) is 11.1 Å². The molecular weight excluding hydrogens is 305 g/mol. The number of fused-ring (bicyclic) bond motifs is 1. The lowest BCUT2D eigenvalue weighted by Gasteiger charge is -2.32. The Kier molecular flexibility index (Phi) is 3.81. The maximum Gasteiger partial charge on any atom is 0.233 e. The standard InChI is InChI=1S/C19H20FN3O/c1-13-9-15(20)3-4-16(13)14-10-18-17(21-12-14)11-19(24)23(18)8-7-22-5-2-6-22/h3-4,9-10,12H,2,5-8,11H2,1H3. The Morgan fingerprint density at radius 2 is 2.04 bits per heavy atom. The summed E-state index contributed by atoms with van der Waals surface area (Å²) in [5.41, 5.74) is 4.49. The van der Waals surface area contributed by atoms with E-state index in [4.69, 9.17) is 0 Å². The molecule has 1 aromatic carbocycles. The second-order valence-electron chi connectivity index (χ2n) is 6.57. The van der Waals surface area contributed by atoms with Crippen molar-refractivity contribution in [2.24, 2.45) is 0 Å². The van der Waals surface area contributed by atoms with Crippen LogP contribution in [0.3, 0.4) is 0 Å². The van der Waals surface area contributed by atoms with Gasteiger partial charge < -0.3 is 9.80 Å². The Balaban J connectivity index is 1.63. The highest BCUT2D eigenvalue weighted by molar-refractivity contribution is 6.01. The van der Waals surface area contributed by atoms with E-state index in [0.717, 1.165) is 47.7 Å². The van der Waals surface area contributed by atoms with Crippen molar-refractivity contribution in [2.75, 3.05) is 31.1 Å². The van der Waals surface area contributed by atoms with Crippen molar-refractivity contribution in [3.63, 3.8) is 0 Å². The number of hydrogen-bond donors (Lipinski definition) is 0. The summed E-state index contributed by atoms with van der Waals surface area (Å²) in [4.78, 5) is 21.0. The highest BCUT2D eigenvalue weighted by Crippen LogP contribution is 2.33. The fourth-order valence-electron chi connectivity index (χ4n) is 3.41. The van der Waals surface area contributed by atoms with Crippen molar-refractivity contribution in [1.29, 1.82) is 0 Å². The van der Waals surface area contributed by atoms with E-state index >= 15 is 0 Å². The Hall–Kier alpha value is -2.27. The van der Waals surface area contributed by atoms with E-state index in [0.29, 0.717) is 13.0 Å². The van der Waals surface area contributed by atoms with Gasteiger partial charge in [-0.05, 0) is 55.8 Å². The summed E-state index contributed by atoms with van der Waals surface area (Å²) in [5.74, 6) is -0.122. The molecule has 0 spiro atoms. The first-order valence-corrected chi connectivity index (χ1v) is 8.40. The Bertz CT molecular complexity index is 801. The largest absolute Gasteiger partial charge is 0.309 e. The van der Waals surface area contributed by atoms with E-state index in [1.807, 2.05) is 17.9 Å². The molecule has 2 aliphatic rings. The summed E-state index contributed by atoms with van der Waals surface area (Å²) < 4.78 is 13.3. The highest BCUT2D eigenvalue weighted by Gasteiger charge is 2.29. The zero-order valence-electron chi connectivity index (χ0n) is 13.8. The van der Waals surface area contributed by atoms with Gasteiger partial charge in [0.05, 0.1) is 17.8 Å².